The van der Waals surface area contributed by atoms with E-state index in [1.54, 1.807) is 7.11 Å². The molecule has 1 heterocycles. The van der Waals surface area contributed by atoms with Gasteiger partial charge in [-0.15, -0.1) is 0 Å². The van der Waals surface area contributed by atoms with Crippen molar-refractivity contribution in [2.75, 3.05) is 13.7 Å². The number of aryl methyl sites for hydroxylation is 2. The van der Waals surface area contributed by atoms with Gasteiger partial charge < -0.3 is 15.4 Å². The highest BCUT2D eigenvalue weighted by atomic mass is 16.5. The molecule has 1 saturated carbocycles. The van der Waals surface area contributed by atoms with Gasteiger partial charge >= 0.3 is 0 Å². The van der Waals surface area contributed by atoms with Crippen LogP contribution in [0, 0.1) is 19.3 Å². The third-order valence-corrected chi connectivity index (χ3v) is 5.99. The van der Waals surface area contributed by atoms with E-state index < -0.39 is 0 Å². The fourth-order valence-corrected chi connectivity index (χ4v) is 3.41. The van der Waals surface area contributed by atoms with Crippen LogP contribution in [-0.2, 0) is 18.3 Å². The number of rotatable bonds is 5. The number of nitrogens with one attached hydrogen (secondary N) is 2. The fourth-order valence-electron chi connectivity index (χ4n) is 3.41. The maximum absolute atomic E-state index is 5.71. The van der Waals surface area contributed by atoms with Crippen LogP contribution in [0.15, 0.2) is 4.99 Å². The van der Waals surface area contributed by atoms with Crippen LogP contribution in [-0.4, -0.2) is 41.0 Å². The molecule has 1 aliphatic carbocycles. The van der Waals surface area contributed by atoms with Crippen LogP contribution in [0.4, 0.5) is 0 Å². The minimum atomic E-state index is -0.0848. The highest BCUT2D eigenvalue weighted by Crippen LogP contribution is 2.51. The van der Waals surface area contributed by atoms with Crippen molar-refractivity contribution in [1.82, 2.24) is 20.4 Å². The van der Waals surface area contributed by atoms with Gasteiger partial charge in [-0.1, -0.05) is 13.8 Å². The molecule has 6 nitrogen and oxygen atoms in total. The number of hydrogen-bond acceptors (Lipinski definition) is 3. The molecule has 0 bridgehead atoms. The summed E-state index contributed by atoms with van der Waals surface area (Å²) in [6.07, 6.45) is 0.978. The molecule has 1 aliphatic rings. The number of guanidine groups is 1. The van der Waals surface area contributed by atoms with Crippen molar-refractivity contribution in [3.05, 3.63) is 17.0 Å². The first-order valence-electron chi connectivity index (χ1n) is 8.75. The van der Waals surface area contributed by atoms with Gasteiger partial charge in [-0.25, -0.2) is 4.99 Å². The molecule has 0 aromatic carbocycles. The zero-order valence-electron chi connectivity index (χ0n) is 16.4. The molecule has 2 rings (SSSR count). The maximum Gasteiger partial charge on any atom is 0.191 e. The van der Waals surface area contributed by atoms with Gasteiger partial charge in [0.05, 0.1) is 17.8 Å². The summed E-state index contributed by atoms with van der Waals surface area (Å²) in [5.41, 5.74) is 3.38. The third-order valence-electron chi connectivity index (χ3n) is 5.99. The van der Waals surface area contributed by atoms with E-state index in [1.807, 2.05) is 18.7 Å². The Balaban J connectivity index is 2.10. The third kappa shape index (κ3) is 3.16. The van der Waals surface area contributed by atoms with Gasteiger partial charge in [-0.05, 0) is 34.1 Å². The van der Waals surface area contributed by atoms with Gasteiger partial charge in [0, 0.05) is 43.4 Å². The average molecular weight is 335 g/mol. The second kappa shape index (κ2) is 6.75. The summed E-state index contributed by atoms with van der Waals surface area (Å²) in [5, 5.41) is 11.4. The molecule has 1 aromatic heterocycles. The SMILES string of the molecule is CCNC(=NCc1c(C)nn(C)c1C)NC1CC(C)(OC)C1(C)C. The van der Waals surface area contributed by atoms with Gasteiger partial charge in [0.25, 0.3) is 0 Å². The lowest BCUT2D eigenvalue weighted by atomic mass is 9.56. The van der Waals surface area contributed by atoms with E-state index in [0.29, 0.717) is 12.6 Å². The van der Waals surface area contributed by atoms with Gasteiger partial charge in [-0.2, -0.15) is 5.10 Å². The zero-order valence-corrected chi connectivity index (χ0v) is 16.4. The molecule has 1 aromatic rings. The van der Waals surface area contributed by atoms with Crippen LogP contribution in [0.3, 0.4) is 0 Å². The topological polar surface area (TPSA) is 63.5 Å². The number of aromatic nitrogens is 2. The Morgan fingerprint density at radius 2 is 2.04 bits per heavy atom. The largest absolute Gasteiger partial charge is 0.378 e. The van der Waals surface area contributed by atoms with E-state index in [4.69, 9.17) is 9.73 Å². The van der Waals surface area contributed by atoms with Gasteiger partial charge in [0.15, 0.2) is 5.96 Å². The first-order valence-corrected chi connectivity index (χ1v) is 8.75. The molecule has 24 heavy (non-hydrogen) atoms. The Hall–Kier alpha value is -1.56. The summed E-state index contributed by atoms with van der Waals surface area (Å²) in [7, 11) is 3.77. The highest BCUT2D eigenvalue weighted by Gasteiger charge is 2.58. The molecule has 0 spiro atoms. The monoisotopic (exact) mass is 335 g/mol. The van der Waals surface area contributed by atoms with Crippen molar-refractivity contribution in [2.45, 2.75) is 66.2 Å². The van der Waals surface area contributed by atoms with Crippen molar-refractivity contribution in [2.24, 2.45) is 17.5 Å². The van der Waals surface area contributed by atoms with Crippen LogP contribution in [0.2, 0.25) is 0 Å². The molecule has 6 heteroatoms. The van der Waals surface area contributed by atoms with Crippen LogP contribution < -0.4 is 10.6 Å². The van der Waals surface area contributed by atoms with Crippen LogP contribution in [0.25, 0.3) is 0 Å². The smallest absolute Gasteiger partial charge is 0.191 e. The summed E-state index contributed by atoms with van der Waals surface area (Å²) >= 11 is 0. The average Bonchev–Trinajstić information content (AvgIpc) is 2.77. The number of ether oxygens (including phenoxy) is 1. The molecule has 2 unspecified atom stereocenters. The van der Waals surface area contributed by atoms with E-state index in [0.717, 1.165) is 24.6 Å². The van der Waals surface area contributed by atoms with Crippen molar-refractivity contribution in [1.29, 1.82) is 0 Å². The summed E-state index contributed by atoms with van der Waals surface area (Å²) in [5.74, 6) is 0.858. The lowest BCUT2D eigenvalue weighted by Crippen LogP contribution is -2.69. The fraction of sp³-hybridized carbons (Fsp3) is 0.778. The van der Waals surface area contributed by atoms with E-state index in [9.17, 15) is 0 Å². The predicted octanol–water partition coefficient (Wildman–Crippen LogP) is 2.30. The molecule has 2 atom stereocenters. The van der Waals surface area contributed by atoms with Crippen LogP contribution >= 0.6 is 0 Å². The summed E-state index contributed by atoms with van der Waals surface area (Å²) in [6, 6.07) is 0.344. The number of nitrogens with zero attached hydrogens (tertiary/aromatic N) is 3. The number of methoxy groups -OCH3 is 1. The Labute approximate surface area is 146 Å². The quantitative estimate of drug-likeness (QED) is 0.640. The van der Waals surface area contributed by atoms with Crippen molar-refractivity contribution < 1.29 is 4.74 Å². The summed E-state index contributed by atoms with van der Waals surface area (Å²) in [4.78, 5) is 4.78. The minimum Gasteiger partial charge on any atom is -0.378 e. The molecule has 136 valence electrons. The van der Waals surface area contributed by atoms with Crippen molar-refractivity contribution in [3.63, 3.8) is 0 Å². The molecular formula is C18H33N5O. The molecule has 0 saturated heterocycles. The van der Waals surface area contributed by atoms with E-state index >= 15 is 0 Å². The summed E-state index contributed by atoms with van der Waals surface area (Å²) < 4.78 is 7.63. The van der Waals surface area contributed by atoms with E-state index in [-0.39, 0.29) is 11.0 Å². The molecule has 0 radical (unpaired) electrons. The van der Waals surface area contributed by atoms with Crippen LogP contribution in [0.1, 0.15) is 51.1 Å². The maximum atomic E-state index is 5.71. The lowest BCUT2D eigenvalue weighted by Gasteiger charge is -2.59. The summed E-state index contributed by atoms with van der Waals surface area (Å²) in [6.45, 7) is 14.4. The second-order valence-electron chi connectivity index (χ2n) is 7.53. The highest BCUT2D eigenvalue weighted by molar-refractivity contribution is 5.80. The zero-order chi connectivity index (χ0) is 18.1. The Kier molecular flexibility index (Phi) is 5.28. The molecule has 0 aliphatic heterocycles. The molecular weight excluding hydrogens is 302 g/mol. The molecule has 2 N–H and O–H groups in total. The normalized spacial score (nSPS) is 26.2. The van der Waals surface area contributed by atoms with Crippen LogP contribution in [0.5, 0.6) is 0 Å². The lowest BCUT2D eigenvalue weighted by molar-refractivity contribution is -0.176. The van der Waals surface area contributed by atoms with Crippen molar-refractivity contribution >= 4 is 5.96 Å². The number of hydrogen-bond donors (Lipinski definition) is 2. The minimum absolute atomic E-state index is 0.0536. The first-order chi connectivity index (χ1) is 11.2. The Morgan fingerprint density at radius 1 is 1.38 bits per heavy atom. The van der Waals surface area contributed by atoms with E-state index in [2.05, 4.69) is 50.4 Å². The van der Waals surface area contributed by atoms with E-state index in [1.165, 1.54) is 11.3 Å². The second-order valence-corrected chi connectivity index (χ2v) is 7.53. The van der Waals surface area contributed by atoms with Gasteiger partial charge in [-0.3, -0.25) is 4.68 Å². The first kappa shape index (κ1) is 18.8. The van der Waals surface area contributed by atoms with Gasteiger partial charge in [0.2, 0.25) is 0 Å². The number of aliphatic imine (C=N–C) groups is 1. The Morgan fingerprint density at radius 3 is 2.50 bits per heavy atom. The molecule has 0 amide bonds. The van der Waals surface area contributed by atoms with Gasteiger partial charge in [0.1, 0.15) is 0 Å². The Bertz CT molecular complexity index is 619. The van der Waals surface area contributed by atoms with Crippen molar-refractivity contribution in [3.8, 4) is 0 Å². The standard InChI is InChI=1S/C18H33N5O/c1-9-19-16(20-11-14-12(2)22-23(7)13(14)3)21-15-10-18(6,24-8)17(15,4)5/h15H,9-11H2,1-8H3,(H2,19,20,21). The predicted molar refractivity (Wildman–Crippen MR) is 98.2 cm³/mol. The molecule has 1 fully saturated rings.